The molecular weight excluding hydrogens is 246 g/mol. The topological polar surface area (TPSA) is 64.6 Å². The normalized spacial score (nSPS) is 10.8. The fourth-order valence-corrected chi connectivity index (χ4v) is 1.47. The quantitative estimate of drug-likeness (QED) is 0.649. The van der Waals surface area contributed by atoms with Gasteiger partial charge in [0.05, 0.1) is 19.4 Å². The van der Waals surface area contributed by atoms with E-state index in [9.17, 15) is 9.59 Å². The molecular formula is C14H17NO4. The summed E-state index contributed by atoms with van der Waals surface area (Å²) in [7, 11) is 1.55. The predicted octanol–water partition coefficient (Wildman–Crippen LogP) is 1.74. The number of hydrogen-bond donors (Lipinski definition) is 1. The number of benzene rings is 1. The largest absolute Gasteiger partial charge is 0.497 e. The van der Waals surface area contributed by atoms with Crippen LogP contribution in [0.5, 0.6) is 5.75 Å². The van der Waals surface area contributed by atoms with Crippen LogP contribution in [-0.4, -0.2) is 25.6 Å². The molecule has 0 heterocycles. The molecule has 1 rings (SSSR count). The number of esters is 1. The van der Waals surface area contributed by atoms with Crippen LogP contribution in [0.3, 0.4) is 0 Å². The third-order valence-corrected chi connectivity index (χ3v) is 2.24. The smallest absolute Gasteiger partial charge is 0.332 e. The van der Waals surface area contributed by atoms with Crippen LogP contribution in [0.1, 0.15) is 19.4 Å². The number of carbonyl (C=O) groups excluding carboxylic acids is 2. The van der Waals surface area contributed by atoms with Crippen LogP contribution in [0.2, 0.25) is 0 Å². The molecule has 1 N–H and O–H groups in total. The Hall–Kier alpha value is -2.30. The molecule has 0 aliphatic carbocycles. The van der Waals surface area contributed by atoms with Crippen molar-refractivity contribution in [2.45, 2.75) is 13.8 Å². The van der Waals surface area contributed by atoms with Gasteiger partial charge in [-0.2, -0.15) is 0 Å². The molecule has 0 aliphatic rings. The molecule has 0 unspecified atom stereocenters. The van der Waals surface area contributed by atoms with E-state index in [1.807, 2.05) is 0 Å². The van der Waals surface area contributed by atoms with Crippen molar-refractivity contribution in [1.82, 2.24) is 5.32 Å². The van der Waals surface area contributed by atoms with Crippen molar-refractivity contribution in [3.8, 4) is 5.75 Å². The van der Waals surface area contributed by atoms with Crippen molar-refractivity contribution in [3.05, 3.63) is 35.9 Å². The number of methoxy groups -OCH3 is 1. The molecule has 0 aliphatic heterocycles. The van der Waals surface area contributed by atoms with E-state index in [-0.39, 0.29) is 12.5 Å². The fourth-order valence-electron chi connectivity index (χ4n) is 1.47. The van der Waals surface area contributed by atoms with Crippen molar-refractivity contribution in [3.63, 3.8) is 0 Å². The summed E-state index contributed by atoms with van der Waals surface area (Å²) in [4.78, 5) is 22.7. The molecule has 1 aromatic carbocycles. The lowest BCUT2D eigenvalue weighted by Crippen LogP contribution is -2.19. The van der Waals surface area contributed by atoms with Gasteiger partial charge in [-0.1, -0.05) is 12.1 Å². The Morgan fingerprint density at radius 2 is 2.11 bits per heavy atom. The number of rotatable bonds is 5. The Morgan fingerprint density at radius 3 is 2.68 bits per heavy atom. The van der Waals surface area contributed by atoms with Gasteiger partial charge >= 0.3 is 5.97 Å². The monoisotopic (exact) mass is 263 g/mol. The van der Waals surface area contributed by atoms with Crippen molar-refractivity contribution < 1.29 is 19.1 Å². The maximum absolute atomic E-state index is 11.5. The molecule has 0 spiro atoms. The molecule has 0 saturated heterocycles. The number of amides is 1. The van der Waals surface area contributed by atoms with Gasteiger partial charge in [0.25, 0.3) is 0 Å². The minimum atomic E-state index is -0.505. The van der Waals surface area contributed by atoms with Crippen molar-refractivity contribution in [1.29, 1.82) is 0 Å². The molecule has 1 amide bonds. The summed E-state index contributed by atoms with van der Waals surface area (Å²) in [6.45, 7) is 3.37. The van der Waals surface area contributed by atoms with Gasteiger partial charge in [0.1, 0.15) is 5.75 Å². The van der Waals surface area contributed by atoms with E-state index < -0.39 is 5.97 Å². The van der Waals surface area contributed by atoms with Gasteiger partial charge in [0.2, 0.25) is 5.91 Å². The summed E-state index contributed by atoms with van der Waals surface area (Å²) in [5, 5.41) is 2.60. The lowest BCUT2D eigenvalue weighted by Gasteiger charge is -2.10. The van der Waals surface area contributed by atoms with Gasteiger partial charge in [0, 0.05) is 18.6 Å². The molecule has 0 fully saturated rings. The highest BCUT2D eigenvalue weighted by atomic mass is 16.5. The van der Waals surface area contributed by atoms with Gasteiger partial charge in [-0.05, 0) is 19.1 Å². The molecule has 0 saturated carbocycles. The van der Waals surface area contributed by atoms with E-state index in [4.69, 9.17) is 9.47 Å². The molecule has 0 aromatic heterocycles. The fraction of sp³-hybridized carbons (Fsp3) is 0.286. The van der Waals surface area contributed by atoms with E-state index >= 15 is 0 Å². The molecule has 0 atom stereocenters. The standard InChI is InChI=1S/C14H17NO4/c1-4-19-14(17)9-13(15-10(2)16)11-6-5-7-12(8-11)18-3/h5-9H,4H2,1-3H3,(H,15,16)/b13-9-. The maximum atomic E-state index is 11.5. The minimum Gasteiger partial charge on any atom is -0.497 e. The summed E-state index contributed by atoms with van der Waals surface area (Å²) in [6, 6.07) is 7.04. The average Bonchev–Trinajstić information content (AvgIpc) is 2.38. The van der Waals surface area contributed by atoms with Crippen LogP contribution in [0.4, 0.5) is 0 Å². The van der Waals surface area contributed by atoms with E-state index in [1.165, 1.54) is 13.0 Å². The van der Waals surface area contributed by atoms with Crippen molar-refractivity contribution in [2.75, 3.05) is 13.7 Å². The molecule has 5 nitrogen and oxygen atoms in total. The van der Waals surface area contributed by atoms with Gasteiger partial charge in [0.15, 0.2) is 0 Å². The van der Waals surface area contributed by atoms with Gasteiger partial charge < -0.3 is 14.8 Å². The first-order valence-electron chi connectivity index (χ1n) is 5.87. The molecule has 1 aromatic rings. The Balaban J connectivity index is 3.08. The third kappa shape index (κ3) is 4.83. The average molecular weight is 263 g/mol. The Kier molecular flexibility index (Phi) is 5.60. The second-order valence-electron chi connectivity index (χ2n) is 3.72. The van der Waals surface area contributed by atoms with Crippen LogP contribution in [0, 0.1) is 0 Å². The van der Waals surface area contributed by atoms with E-state index in [2.05, 4.69) is 5.32 Å². The highest BCUT2D eigenvalue weighted by molar-refractivity contribution is 5.95. The summed E-state index contributed by atoms with van der Waals surface area (Å²) >= 11 is 0. The van der Waals surface area contributed by atoms with E-state index in [1.54, 1.807) is 38.3 Å². The van der Waals surface area contributed by atoms with E-state index in [0.717, 1.165) is 0 Å². The first kappa shape index (κ1) is 14.8. The minimum absolute atomic E-state index is 0.265. The van der Waals surface area contributed by atoms with Crippen LogP contribution in [0.15, 0.2) is 30.3 Å². The molecule has 0 radical (unpaired) electrons. The highest BCUT2D eigenvalue weighted by Gasteiger charge is 2.08. The first-order valence-corrected chi connectivity index (χ1v) is 5.87. The SMILES string of the molecule is CCOC(=O)/C=C(\NC(C)=O)c1cccc(OC)c1. The van der Waals surface area contributed by atoms with E-state index in [0.29, 0.717) is 17.0 Å². The van der Waals surface area contributed by atoms with Crippen LogP contribution in [0.25, 0.3) is 5.70 Å². The number of nitrogens with one attached hydrogen (secondary N) is 1. The van der Waals surface area contributed by atoms with Crippen LogP contribution >= 0.6 is 0 Å². The Morgan fingerprint density at radius 1 is 1.37 bits per heavy atom. The lowest BCUT2D eigenvalue weighted by atomic mass is 10.1. The maximum Gasteiger partial charge on any atom is 0.332 e. The summed E-state index contributed by atoms with van der Waals surface area (Å²) in [5.41, 5.74) is 1.05. The zero-order valence-corrected chi connectivity index (χ0v) is 11.2. The second kappa shape index (κ2) is 7.20. The molecule has 5 heteroatoms. The third-order valence-electron chi connectivity index (χ3n) is 2.24. The second-order valence-corrected chi connectivity index (χ2v) is 3.72. The molecule has 102 valence electrons. The molecule has 0 bridgehead atoms. The predicted molar refractivity (Wildman–Crippen MR) is 71.4 cm³/mol. The van der Waals surface area contributed by atoms with Gasteiger partial charge in [-0.15, -0.1) is 0 Å². The Labute approximate surface area is 112 Å². The van der Waals surface area contributed by atoms with Crippen molar-refractivity contribution in [2.24, 2.45) is 0 Å². The Bertz CT molecular complexity index is 494. The van der Waals surface area contributed by atoms with Crippen LogP contribution in [-0.2, 0) is 14.3 Å². The number of ether oxygens (including phenoxy) is 2. The lowest BCUT2D eigenvalue weighted by molar-refractivity contribution is -0.137. The number of hydrogen-bond acceptors (Lipinski definition) is 4. The van der Waals surface area contributed by atoms with Crippen molar-refractivity contribution >= 4 is 17.6 Å². The first-order chi connectivity index (χ1) is 9.06. The van der Waals surface area contributed by atoms with Gasteiger partial charge in [-0.3, -0.25) is 4.79 Å². The summed E-state index contributed by atoms with van der Waals surface area (Å²) < 4.78 is 9.94. The number of carbonyl (C=O) groups is 2. The van der Waals surface area contributed by atoms with Crippen LogP contribution < -0.4 is 10.1 Å². The summed E-state index contributed by atoms with van der Waals surface area (Å²) in [5.74, 6) is -0.134. The highest BCUT2D eigenvalue weighted by Crippen LogP contribution is 2.18. The zero-order chi connectivity index (χ0) is 14.3. The van der Waals surface area contributed by atoms with Gasteiger partial charge in [-0.25, -0.2) is 4.79 Å². The summed E-state index contributed by atoms with van der Waals surface area (Å²) in [6.07, 6.45) is 1.25. The molecule has 19 heavy (non-hydrogen) atoms. The zero-order valence-electron chi connectivity index (χ0n) is 11.2.